The molecule has 4 aliphatic rings. The quantitative estimate of drug-likeness (QED) is 0.0558. The van der Waals surface area contributed by atoms with Gasteiger partial charge in [-0.2, -0.15) is 0 Å². The zero-order valence-corrected chi connectivity index (χ0v) is 23.4. The second-order valence-corrected chi connectivity index (χ2v) is 11.9. The fourth-order valence-corrected chi connectivity index (χ4v) is 6.36. The van der Waals surface area contributed by atoms with Gasteiger partial charge >= 0.3 is 7.12 Å². The Balaban J connectivity index is 1.68. The van der Waals surface area contributed by atoms with E-state index in [1.807, 2.05) is 0 Å². The largest absolute Gasteiger partial charge is 0.481 e. The van der Waals surface area contributed by atoms with Gasteiger partial charge in [0.1, 0.15) is 6.04 Å². The highest BCUT2D eigenvalue weighted by atomic mass is 16.7. The summed E-state index contributed by atoms with van der Waals surface area (Å²) in [5, 5.41) is 15.5. The Bertz CT molecular complexity index is 959. The van der Waals surface area contributed by atoms with Gasteiger partial charge in [0, 0.05) is 6.54 Å². The molecular weight excluding hydrogens is 491 g/mol. The summed E-state index contributed by atoms with van der Waals surface area (Å²) in [5.41, 5.74) is 7.05. The highest BCUT2D eigenvalue weighted by Gasteiger charge is 2.68. The highest BCUT2D eigenvalue weighted by molar-refractivity contribution is 6.48. The summed E-state index contributed by atoms with van der Waals surface area (Å²) in [6.07, 6.45) is 6.33. The number of aliphatic imine (C=N–C) groups is 1. The van der Waals surface area contributed by atoms with E-state index >= 15 is 0 Å². The van der Waals surface area contributed by atoms with Crippen molar-refractivity contribution in [3.63, 3.8) is 0 Å². The number of carbonyl (C=O) groups excluding carboxylic acids is 2. The van der Waals surface area contributed by atoms with E-state index in [-0.39, 0.29) is 54.1 Å². The normalized spacial score (nSPS) is 29.4. The Morgan fingerprint density at radius 2 is 1.97 bits per heavy atom. The van der Waals surface area contributed by atoms with Crippen LogP contribution < -0.4 is 21.8 Å². The molecule has 0 aromatic rings. The van der Waals surface area contributed by atoms with Gasteiger partial charge in [-0.05, 0) is 75.2 Å². The summed E-state index contributed by atoms with van der Waals surface area (Å²) in [7, 11) is -0.573. The number of hydrogen-bond acceptors (Lipinski definition) is 7. The zero-order chi connectivity index (χ0) is 28.3. The summed E-state index contributed by atoms with van der Waals surface area (Å²) in [5.74, 6) is -0.137. The average Bonchev–Trinajstić information content (AvgIpc) is 3.17. The Labute approximate surface area is 225 Å². The van der Waals surface area contributed by atoms with E-state index in [0.717, 1.165) is 12.8 Å². The van der Waals surface area contributed by atoms with E-state index in [0.29, 0.717) is 24.7 Å². The van der Waals surface area contributed by atoms with Crippen LogP contribution in [0.3, 0.4) is 0 Å². The van der Waals surface area contributed by atoms with E-state index in [2.05, 4.69) is 50.2 Å². The van der Waals surface area contributed by atoms with Crippen molar-refractivity contribution in [3.8, 4) is 0 Å². The molecule has 1 saturated heterocycles. The number of allylic oxidation sites excluding steroid dienone is 1. The molecule has 0 spiro atoms. The third-order valence-corrected chi connectivity index (χ3v) is 8.44. The molecule has 1 aliphatic heterocycles. The summed E-state index contributed by atoms with van der Waals surface area (Å²) in [6.45, 7) is 12.8. The molecule has 0 aromatic carbocycles. The maximum Gasteiger partial charge on any atom is 0.481 e. The number of hydrazine groups is 1. The Kier molecular flexibility index (Phi) is 9.45. The first-order valence-corrected chi connectivity index (χ1v) is 13.6. The molecular formula is C25H43BN6O6. The third-order valence-electron chi connectivity index (χ3n) is 8.44. The number of nitro groups is 1. The first-order chi connectivity index (χ1) is 17.8. The van der Waals surface area contributed by atoms with Gasteiger partial charge in [-0.1, -0.05) is 39.2 Å². The van der Waals surface area contributed by atoms with Gasteiger partial charge in [0.15, 0.2) is 5.03 Å². The second kappa shape index (κ2) is 12.0. The number of guanidine groups is 1. The minimum Gasteiger partial charge on any atom is -0.404 e. The van der Waals surface area contributed by atoms with Crippen molar-refractivity contribution in [2.24, 2.45) is 33.9 Å². The molecule has 2 bridgehead atoms. The third kappa shape index (κ3) is 6.66. The first kappa shape index (κ1) is 29.9. The standard InChI is InChI=1S/C25H43BN6O6/c1-7-9-21(33)29-17(10-8-11-28-23(27)31-32(35)36)22(34)30-20(12-15(2)3)26-37-19-14-16-13-18(24(16,4)5)25(19,6)38-26/h7,9,15-20H,8,10-14H2,1-6H3,(H,29,33)(H,30,34)(H3,27,28,31)/b9-7+/t16-,17+,18-,19-,20+,25+/m1/s1. The molecule has 4 fully saturated rings. The molecule has 0 unspecified atom stereocenters. The number of amides is 2. The van der Waals surface area contributed by atoms with E-state index in [9.17, 15) is 19.7 Å². The van der Waals surface area contributed by atoms with Crippen molar-refractivity contribution in [1.29, 1.82) is 0 Å². The van der Waals surface area contributed by atoms with Crippen molar-refractivity contribution in [2.75, 3.05) is 6.54 Å². The fraction of sp³-hybridized carbons (Fsp3) is 0.800. The number of nitrogens with one attached hydrogen (secondary N) is 3. The van der Waals surface area contributed by atoms with Crippen LogP contribution in [0.5, 0.6) is 0 Å². The van der Waals surface area contributed by atoms with Gasteiger partial charge in [-0.25, -0.2) is 15.1 Å². The lowest BCUT2D eigenvalue weighted by Gasteiger charge is -2.64. The summed E-state index contributed by atoms with van der Waals surface area (Å²) in [4.78, 5) is 40.1. The van der Waals surface area contributed by atoms with E-state index < -0.39 is 23.8 Å². The van der Waals surface area contributed by atoms with Crippen LogP contribution in [0.4, 0.5) is 0 Å². The van der Waals surface area contributed by atoms with Crippen LogP contribution in [0, 0.1) is 33.3 Å². The number of hydrogen-bond donors (Lipinski definition) is 4. The van der Waals surface area contributed by atoms with Crippen LogP contribution >= 0.6 is 0 Å². The summed E-state index contributed by atoms with van der Waals surface area (Å²) < 4.78 is 13.1. The van der Waals surface area contributed by atoms with Crippen molar-refractivity contribution in [2.45, 2.75) is 97.3 Å². The minimum atomic E-state index is -0.834. The van der Waals surface area contributed by atoms with Crippen molar-refractivity contribution in [1.82, 2.24) is 16.1 Å². The SMILES string of the molecule is C/C=C/C(=O)N[C@@H](CCCN=C(N)N[N+](=O)[O-])C(=O)N[C@@H](CC(C)C)B1O[C@@H]2C[C@H]3C[C@H](C3(C)C)[C@]2(C)O1. The molecule has 38 heavy (non-hydrogen) atoms. The lowest BCUT2D eigenvalue weighted by molar-refractivity contribution is -0.525. The monoisotopic (exact) mass is 534 g/mol. The average molecular weight is 534 g/mol. The fourth-order valence-electron chi connectivity index (χ4n) is 6.36. The molecule has 2 amide bonds. The van der Waals surface area contributed by atoms with Gasteiger partial charge in [0.25, 0.3) is 5.96 Å². The molecule has 6 atom stereocenters. The molecule has 5 N–H and O–H groups in total. The predicted molar refractivity (Wildman–Crippen MR) is 144 cm³/mol. The van der Waals surface area contributed by atoms with Crippen LogP contribution in [0.2, 0.25) is 0 Å². The number of nitrogens with two attached hydrogens (primary N) is 1. The Hall–Kier alpha value is -2.67. The van der Waals surface area contributed by atoms with Gasteiger partial charge in [-0.15, -0.1) is 0 Å². The van der Waals surface area contributed by atoms with E-state index in [1.165, 1.54) is 6.08 Å². The maximum atomic E-state index is 13.5. The van der Waals surface area contributed by atoms with Gasteiger partial charge in [0.2, 0.25) is 11.8 Å². The van der Waals surface area contributed by atoms with Crippen molar-refractivity contribution < 1.29 is 23.9 Å². The van der Waals surface area contributed by atoms with Gasteiger partial charge < -0.3 is 25.7 Å². The second-order valence-electron chi connectivity index (χ2n) is 11.9. The summed E-state index contributed by atoms with van der Waals surface area (Å²) in [6, 6.07) is -0.834. The van der Waals surface area contributed by atoms with Crippen LogP contribution in [-0.2, 0) is 18.9 Å². The smallest absolute Gasteiger partial charge is 0.404 e. The van der Waals surface area contributed by atoms with Gasteiger partial charge in [-0.3, -0.25) is 9.59 Å². The maximum absolute atomic E-state index is 13.5. The number of rotatable bonds is 12. The molecule has 12 nitrogen and oxygen atoms in total. The van der Waals surface area contributed by atoms with Crippen molar-refractivity contribution >= 4 is 24.9 Å². The molecule has 13 heteroatoms. The minimum absolute atomic E-state index is 0.00266. The van der Waals surface area contributed by atoms with Crippen LogP contribution in [0.1, 0.15) is 73.6 Å². The lowest BCUT2D eigenvalue weighted by Crippen LogP contribution is -2.65. The molecule has 3 saturated carbocycles. The Morgan fingerprint density at radius 1 is 1.26 bits per heavy atom. The van der Waals surface area contributed by atoms with Crippen LogP contribution in [0.15, 0.2) is 17.1 Å². The number of nitrogens with zero attached hydrogens (tertiary/aromatic N) is 2. The molecule has 212 valence electrons. The highest BCUT2D eigenvalue weighted by Crippen LogP contribution is 2.65. The first-order valence-electron chi connectivity index (χ1n) is 13.6. The summed E-state index contributed by atoms with van der Waals surface area (Å²) >= 11 is 0. The topological polar surface area (TPSA) is 170 Å². The zero-order valence-electron chi connectivity index (χ0n) is 23.4. The van der Waals surface area contributed by atoms with Gasteiger partial charge in [0.05, 0.1) is 17.6 Å². The van der Waals surface area contributed by atoms with Crippen LogP contribution in [0.25, 0.3) is 0 Å². The molecule has 1 heterocycles. The predicted octanol–water partition coefficient (Wildman–Crippen LogP) is 1.72. The van der Waals surface area contributed by atoms with Crippen LogP contribution in [-0.4, -0.2) is 60.2 Å². The molecule has 0 radical (unpaired) electrons. The molecule has 0 aromatic heterocycles. The number of carbonyl (C=O) groups is 2. The molecule has 4 rings (SSSR count). The van der Waals surface area contributed by atoms with E-state index in [4.69, 9.17) is 15.0 Å². The lowest BCUT2D eigenvalue weighted by atomic mass is 9.43. The van der Waals surface area contributed by atoms with Crippen molar-refractivity contribution in [3.05, 3.63) is 22.3 Å². The molecule has 3 aliphatic carbocycles. The Morgan fingerprint density at radius 3 is 2.58 bits per heavy atom. The van der Waals surface area contributed by atoms with E-state index in [1.54, 1.807) is 18.4 Å².